The molecule has 1 unspecified atom stereocenters. The van der Waals surface area contributed by atoms with Crippen molar-refractivity contribution in [2.24, 2.45) is 0 Å². The van der Waals surface area contributed by atoms with Gasteiger partial charge in [0, 0.05) is 46.2 Å². The summed E-state index contributed by atoms with van der Waals surface area (Å²) in [4.78, 5) is 15.9. The number of piperazine rings is 1. The summed E-state index contributed by atoms with van der Waals surface area (Å²) in [7, 11) is 3.65. The third kappa shape index (κ3) is 6.44. The van der Waals surface area contributed by atoms with E-state index in [1.54, 1.807) is 4.90 Å². The SMILES string of the molecule is CN(C)C(=O)CCCN1CCNC(Cc2ccc(C(C)(C)C)cc2)C1. The molecule has 1 N–H and O–H groups in total. The molecule has 4 nitrogen and oxygen atoms in total. The van der Waals surface area contributed by atoms with Gasteiger partial charge in [0.15, 0.2) is 0 Å². The van der Waals surface area contributed by atoms with Crippen LogP contribution in [0, 0.1) is 0 Å². The molecule has 25 heavy (non-hydrogen) atoms. The second-order valence-corrected chi connectivity index (χ2v) is 8.49. The van der Waals surface area contributed by atoms with E-state index in [-0.39, 0.29) is 11.3 Å². The Labute approximate surface area is 153 Å². The van der Waals surface area contributed by atoms with Crippen LogP contribution in [0.4, 0.5) is 0 Å². The zero-order valence-corrected chi connectivity index (χ0v) is 16.6. The zero-order valence-electron chi connectivity index (χ0n) is 16.6. The first kappa shape index (κ1) is 19.9. The van der Waals surface area contributed by atoms with Crippen molar-refractivity contribution in [1.82, 2.24) is 15.1 Å². The molecular formula is C21H35N3O. The van der Waals surface area contributed by atoms with Gasteiger partial charge in [0.05, 0.1) is 0 Å². The number of nitrogens with one attached hydrogen (secondary N) is 1. The average Bonchev–Trinajstić information content (AvgIpc) is 2.54. The van der Waals surface area contributed by atoms with Gasteiger partial charge in [-0.25, -0.2) is 0 Å². The van der Waals surface area contributed by atoms with Crippen molar-refractivity contribution in [2.75, 3.05) is 40.3 Å². The Bertz CT molecular complexity index is 545. The number of hydrogen-bond acceptors (Lipinski definition) is 3. The van der Waals surface area contributed by atoms with Crippen molar-refractivity contribution < 1.29 is 4.79 Å². The van der Waals surface area contributed by atoms with Gasteiger partial charge in [0.1, 0.15) is 0 Å². The van der Waals surface area contributed by atoms with Crippen LogP contribution in [0.25, 0.3) is 0 Å². The average molecular weight is 346 g/mol. The number of amides is 1. The number of benzene rings is 1. The molecule has 1 fully saturated rings. The molecule has 1 amide bonds. The first-order chi connectivity index (χ1) is 11.8. The van der Waals surface area contributed by atoms with Crippen LogP contribution < -0.4 is 5.32 Å². The maximum absolute atomic E-state index is 11.7. The summed E-state index contributed by atoms with van der Waals surface area (Å²) in [5.74, 6) is 0.227. The molecule has 1 saturated heterocycles. The van der Waals surface area contributed by atoms with E-state index in [1.165, 1.54) is 11.1 Å². The van der Waals surface area contributed by atoms with Crippen LogP contribution in [-0.4, -0.2) is 62.0 Å². The van der Waals surface area contributed by atoms with Crippen LogP contribution in [0.5, 0.6) is 0 Å². The number of nitrogens with zero attached hydrogens (tertiary/aromatic N) is 2. The van der Waals surface area contributed by atoms with Crippen molar-refractivity contribution >= 4 is 5.91 Å². The molecular weight excluding hydrogens is 310 g/mol. The fourth-order valence-electron chi connectivity index (χ4n) is 3.34. The lowest BCUT2D eigenvalue weighted by molar-refractivity contribution is -0.128. The predicted molar refractivity (Wildman–Crippen MR) is 105 cm³/mol. The van der Waals surface area contributed by atoms with Gasteiger partial charge in [0.2, 0.25) is 5.91 Å². The van der Waals surface area contributed by atoms with Crippen LogP contribution in [0.2, 0.25) is 0 Å². The van der Waals surface area contributed by atoms with Crippen molar-refractivity contribution in [1.29, 1.82) is 0 Å². The predicted octanol–water partition coefficient (Wildman–Crippen LogP) is 2.67. The maximum atomic E-state index is 11.7. The van der Waals surface area contributed by atoms with E-state index in [0.29, 0.717) is 12.5 Å². The lowest BCUT2D eigenvalue weighted by Gasteiger charge is -2.34. The van der Waals surface area contributed by atoms with E-state index in [0.717, 1.165) is 39.0 Å². The molecule has 1 aliphatic heterocycles. The van der Waals surface area contributed by atoms with E-state index >= 15 is 0 Å². The van der Waals surface area contributed by atoms with Crippen molar-refractivity contribution in [3.05, 3.63) is 35.4 Å². The minimum absolute atomic E-state index is 0.211. The highest BCUT2D eigenvalue weighted by molar-refractivity contribution is 5.75. The third-order valence-electron chi connectivity index (χ3n) is 5.01. The maximum Gasteiger partial charge on any atom is 0.222 e. The number of rotatable bonds is 6. The Morgan fingerprint density at radius 1 is 1.24 bits per heavy atom. The van der Waals surface area contributed by atoms with E-state index in [1.807, 2.05) is 14.1 Å². The molecule has 0 aromatic heterocycles. The molecule has 0 radical (unpaired) electrons. The molecule has 1 aromatic rings. The third-order valence-corrected chi connectivity index (χ3v) is 5.01. The fourth-order valence-corrected chi connectivity index (χ4v) is 3.34. The van der Waals surface area contributed by atoms with Gasteiger partial charge in [0.25, 0.3) is 0 Å². The second-order valence-electron chi connectivity index (χ2n) is 8.49. The van der Waals surface area contributed by atoms with Crippen LogP contribution in [0.15, 0.2) is 24.3 Å². The van der Waals surface area contributed by atoms with Gasteiger partial charge in [-0.15, -0.1) is 0 Å². The van der Waals surface area contributed by atoms with Crippen molar-refractivity contribution in [3.8, 4) is 0 Å². The smallest absolute Gasteiger partial charge is 0.222 e. The van der Waals surface area contributed by atoms with Gasteiger partial charge in [-0.3, -0.25) is 4.79 Å². The van der Waals surface area contributed by atoms with Crippen LogP contribution in [0.3, 0.4) is 0 Å². The fraction of sp³-hybridized carbons (Fsp3) is 0.667. The van der Waals surface area contributed by atoms with Crippen molar-refractivity contribution in [3.63, 3.8) is 0 Å². The molecule has 1 aromatic carbocycles. The highest BCUT2D eigenvalue weighted by Crippen LogP contribution is 2.22. The van der Waals surface area contributed by atoms with E-state index in [2.05, 4.69) is 55.3 Å². The van der Waals surface area contributed by atoms with Gasteiger partial charge < -0.3 is 15.1 Å². The summed E-state index contributed by atoms with van der Waals surface area (Å²) in [6.45, 7) is 11.0. The van der Waals surface area contributed by atoms with Gasteiger partial charge in [-0.2, -0.15) is 0 Å². The second kappa shape index (κ2) is 8.81. The summed E-state index contributed by atoms with van der Waals surface area (Å²) in [6, 6.07) is 9.58. The summed E-state index contributed by atoms with van der Waals surface area (Å²) < 4.78 is 0. The quantitative estimate of drug-likeness (QED) is 0.861. The van der Waals surface area contributed by atoms with Gasteiger partial charge >= 0.3 is 0 Å². The molecule has 2 rings (SSSR count). The Morgan fingerprint density at radius 3 is 2.52 bits per heavy atom. The Hall–Kier alpha value is -1.39. The number of carbonyl (C=O) groups is 1. The zero-order chi connectivity index (χ0) is 18.4. The van der Waals surface area contributed by atoms with Crippen LogP contribution >= 0.6 is 0 Å². The summed E-state index contributed by atoms with van der Waals surface area (Å²) >= 11 is 0. The summed E-state index contributed by atoms with van der Waals surface area (Å²) in [6.07, 6.45) is 2.66. The monoisotopic (exact) mass is 345 g/mol. The molecule has 0 bridgehead atoms. The molecule has 1 heterocycles. The highest BCUT2D eigenvalue weighted by Gasteiger charge is 2.20. The summed E-state index contributed by atoms with van der Waals surface area (Å²) in [5.41, 5.74) is 3.00. The Morgan fingerprint density at radius 2 is 1.92 bits per heavy atom. The molecule has 0 aliphatic carbocycles. The molecule has 1 atom stereocenters. The normalized spacial score (nSPS) is 19.0. The highest BCUT2D eigenvalue weighted by atomic mass is 16.2. The minimum Gasteiger partial charge on any atom is -0.349 e. The molecule has 1 aliphatic rings. The number of hydrogen-bond donors (Lipinski definition) is 1. The molecule has 140 valence electrons. The summed E-state index contributed by atoms with van der Waals surface area (Å²) in [5, 5.41) is 3.64. The first-order valence-electron chi connectivity index (χ1n) is 9.51. The first-order valence-corrected chi connectivity index (χ1v) is 9.51. The van der Waals surface area contributed by atoms with E-state index < -0.39 is 0 Å². The molecule has 0 saturated carbocycles. The lowest BCUT2D eigenvalue weighted by atomic mass is 9.86. The van der Waals surface area contributed by atoms with Crippen LogP contribution in [-0.2, 0) is 16.6 Å². The Kier molecular flexibility index (Phi) is 7.03. The molecule has 0 spiro atoms. The van der Waals surface area contributed by atoms with Gasteiger partial charge in [-0.1, -0.05) is 45.0 Å². The van der Waals surface area contributed by atoms with E-state index in [9.17, 15) is 4.79 Å². The standard InChI is InChI=1S/C21H35N3O/c1-21(2,3)18-10-8-17(9-11-18)15-19-16-24(14-12-22-19)13-6-7-20(25)23(4)5/h8-11,19,22H,6-7,12-16H2,1-5H3. The molecule has 4 heteroatoms. The minimum atomic E-state index is 0.211. The van der Waals surface area contributed by atoms with E-state index in [4.69, 9.17) is 0 Å². The lowest BCUT2D eigenvalue weighted by Crippen LogP contribution is -2.51. The van der Waals surface area contributed by atoms with Gasteiger partial charge in [-0.05, 0) is 35.9 Å². The van der Waals surface area contributed by atoms with Crippen LogP contribution in [0.1, 0.15) is 44.7 Å². The largest absolute Gasteiger partial charge is 0.349 e. The topological polar surface area (TPSA) is 35.6 Å². The Balaban J connectivity index is 1.80. The van der Waals surface area contributed by atoms with Crippen molar-refractivity contribution in [2.45, 2.75) is 51.5 Å². The number of carbonyl (C=O) groups excluding carboxylic acids is 1.